The molecule has 0 spiro atoms. The molecule has 0 aliphatic rings. The molecule has 0 saturated heterocycles. The molecule has 0 aliphatic carbocycles. The number of carbonyl (C=O) groups is 1. The number of aromatic nitrogens is 1. The van der Waals surface area contributed by atoms with Gasteiger partial charge in [-0.3, -0.25) is 4.79 Å². The molecule has 158 valence electrons. The lowest BCUT2D eigenvalue weighted by Gasteiger charge is -2.15. The highest BCUT2D eigenvalue weighted by Gasteiger charge is 2.18. The van der Waals surface area contributed by atoms with Crippen LogP contribution in [-0.4, -0.2) is 31.8 Å². The van der Waals surface area contributed by atoms with Crippen LogP contribution in [-0.2, 0) is 6.54 Å². The topological polar surface area (TPSA) is 61.7 Å². The summed E-state index contributed by atoms with van der Waals surface area (Å²) in [6, 6.07) is 13.7. The highest BCUT2D eigenvalue weighted by molar-refractivity contribution is 5.96. The number of carbonyl (C=O) groups excluding carboxylic acids is 1. The molecule has 6 heteroatoms. The van der Waals surface area contributed by atoms with Gasteiger partial charge in [0.2, 0.25) is 5.75 Å². The van der Waals surface area contributed by atoms with Gasteiger partial charge in [0.15, 0.2) is 11.5 Å². The van der Waals surface area contributed by atoms with Crippen LogP contribution in [0.3, 0.4) is 0 Å². The van der Waals surface area contributed by atoms with Crippen LogP contribution >= 0.6 is 0 Å². The maximum Gasteiger partial charge on any atom is 0.253 e. The fraction of sp³-hybridized carbons (Fsp3) is 0.292. The number of aryl methyl sites for hydroxylation is 2. The molecule has 3 aromatic rings. The molecular formula is C24H28N2O4. The molecule has 1 heterocycles. The van der Waals surface area contributed by atoms with Gasteiger partial charge in [0.25, 0.3) is 5.91 Å². The van der Waals surface area contributed by atoms with Crippen LogP contribution in [0.15, 0.2) is 42.5 Å². The van der Waals surface area contributed by atoms with Gasteiger partial charge in [-0.2, -0.15) is 0 Å². The maximum absolute atomic E-state index is 12.9. The number of nitrogens with one attached hydrogen (secondary N) is 1. The molecule has 0 fully saturated rings. The third-order valence-electron chi connectivity index (χ3n) is 5.21. The number of para-hydroxylation sites is 1. The van der Waals surface area contributed by atoms with Crippen molar-refractivity contribution in [3.05, 3.63) is 70.5 Å². The molecular weight excluding hydrogens is 380 g/mol. The summed E-state index contributed by atoms with van der Waals surface area (Å²) >= 11 is 0. The summed E-state index contributed by atoms with van der Waals surface area (Å²) in [7, 11) is 4.70. The second-order valence-electron chi connectivity index (χ2n) is 7.12. The Labute approximate surface area is 177 Å². The van der Waals surface area contributed by atoms with E-state index >= 15 is 0 Å². The lowest BCUT2D eigenvalue weighted by molar-refractivity contribution is 0.0950. The lowest BCUT2D eigenvalue weighted by atomic mass is 10.1. The van der Waals surface area contributed by atoms with Crippen molar-refractivity contribution in [2.24, 2.45) is 0 Å². The Morgan fingerprint density at radius 3 is 2.13 bits per heavy atom. The van der Waals surface area contributed by atoms with Crippen molar-refractivity contribution in [3.63, 3.8) is 0 Å². The van der Waals surface area contributed by atoms with Crippen molar-refractivity contribution < 1.29 is 19.0 Å². The SMILES string of the molecule is COc1cc(CNC(=O)c2cc(C)n(-c3ccccc3C)c2C)cc(OC)c1OC. The summed E-state index contributed by atoms with van der Waals surface area (Å²) in [5, 5.41) is 3.00. The van der Waals surface area contributed by atoms with Gasteiger partial charge in [0, 0.05) is 23.6 Å². The van der Waals surface area contributed by atoms with Crippen LogP contribution in [0.5, 0.6) is 17.2 Å². The minimum absolute atomic E-state index is 0.128. The maximum atomic E-state index is 12.9. The fourth-order valence-electron chi connectivity index (χ4n) is 3.69. The molecule has 0 saturated carbocycles. The number of benzene rings is 2. The Morgan fingerprint density at radius 2 is 1.57 bits per heavy atom. The van der Waals surface area contributed by atoms with Gasteiger partial charge in [-0.15, -0.1) is 0 Å². The van der Waals surface area contributed by atoms with E-state index in [1.807, 2.05) is 44.2 Å². The average molecular weight is 408 g/mol. The number of amides is 1. The van der Waals surface area contributed by atoms with Crippen LogP contribution in [0.4, 0.5) is 0 Å². The van der Waals surface area contributed by atoms with Gasteiger partial charge in [0.05, 0.1) is 26.9 Å². The summed E-state index contributed by atoms with van der Waals surface area (Å²) < 4.78 is 18.2. The van der Waals surface area contributed by atoms with Gasteiger partial charge in [-0.05, 0) is 56.2 Å². The molecule has 6 nitrogen and oxygen atoms in total. The van der Waals surface area contributed by atoms with Crippen molar-refractivity contribution in [1.82, 2.24) is 9.88 Å². The standard InChI is InChI=1S/C24H28N2O4/c1-15-9-7-8-10-20(15)26-16(2)11-19(17(26)3)24(27)25-14-18-12-21(28-4)23(30-6)22(13-18)29-5/h7-13H,14H2,1-6H3,(H,25,27). The number of nitrogens with zero attached hydrogens (tertiary/aromatic N) is 1. The molecule has 0 bridgehead atoms. The predicted octanol–water partition coefficient (Wildman–Crippen LogP) is 4.36. The van der Waals surface area contributed by atoms with E-state index in [2.05, 4.69) is 28.9 Å². The molecule has 3 rings (SSSR count). The van der Waals surface area contributed by atoms with E-state index in [4.69, 9.17) is 14.2 Å². The van der Waals surface area contributed by atoms with Crippen molar-refractivity contribution >= 4 is 5.91 Å². The minimum atomic E-state index is -0.128. The molecule has 0 unspecified atom stereocenters. The first-order chi connectivity index (χ1) is 14.4. The molecule has 1 N–H and O–H groups in total. The van der Waals surface area contributed by atoms with Crippen molar-refractivity contribution in [2.75, 3.05) is 21.3 Å². The summed E-state index contributed by atoms with van der Waals surface area (Å²) in [6.45, 7) is 6.38. The molecule has 1 amide bonds. The number of rotatable bonds is 7. The smallest absolute Gasteiger partial charge is 0.253 e. The number of ether oxygens (including phenoxy) is 3. The Balaban J connectivity index is 1.85. The Kier molecular flexibility index (Phi) is 6.35. The monoisotopic (exact) mass is 408 g/mol. The average Bonchev–Trinajstić information content (AvgIpc) is 3.05. The van der Waals surface area contributed by atoms with E-state index in [-0.39, 0.29) is 5.91 Å². The van der Waals surface area contributed by atoms with Crippen LogP contribution in [0.2, 0.25) is 0 Å². The lowest BCUT2D eigenvalue weighted by Crippen LogP contribution is -2.23. The van der Waals surface area contributed by atoms with E-state index < -0.39 is 0 Å². The zero-order valence-corrected chi connectivity index (χ0v) is 18.3. The zero-order valence-electron chi connectivity index (χ0n) is 18.3. The van der Waals surface area contributed by atoms with Crippen LogP contribution < -0.4 is 19.5 Å². The fourth-order valence-corrected chi connectivity index (χ4v) is 3.69. The second-order valence-corrected chi connectivity index (χ2v) is 7.12. The molecule has 0 aliphatic heterocycles. The van der Waals surface area contributed by atoms with Gasteiger partial charge < -0.3 is 24.1 Å². The van der Waals surface area contributed by atoms with Gasteiger partial charge in [0.1, 0.15) is 0 Å². The summed E-state index contributed by atoms with van der Waals surface area (Å²) in [6.07, 6.45) is 0. The van der Waals surface area contributed by atoms with Crippen LogP contribution in [0, 0.1) is 20.8 Å². The molecule has 1 aromatic heterocycles. The van der Waals surface area contributed by atoms with E-state index in [9.17, 15) is 4.79 Å². The first kappa shape index (κ1) is 21.3. The number of methoxy groups -OCH3 is 3. The zero-order chi connectivity index (χ0) is 21.8. The minimum Gasteiger partial charge on any atom is -0.493 e. The summed E-state index contributed by atoms with van der Waals surface area (Å²) in [5.74, 6) is 1.51. The Bertz CT molecular complexity index is 1040. The quantitative estimate of drug-likeness (QED) is 0.631. The molecule has 0 atom stereocenters. The second kappa shape index (κ2) is 8.95. The van der Waals surface area contributed by atoms with Gasteiger partial charge in [-0.25, -0.2) is 0 Å². The van der Waals surface area contributed by atoms with Crippen molar-refractivity contribution in [1.29, 1.82) is 0 Å². The van der Waals surface area contributed by atoms with Crippen LogP contribution in [0.1, 0.15) is 32.9 Å². The first-order valence-electron chi connectivity index (χ1n) is 9.73. The van der Waals surface area contributed by atoms with Crippen molar-refractivity contribution in [3.8, 4) is 22.9 Å². The van der Waals surface area contributed by atoms with E-state index in [0.29, 0.717) is 29.4 Å². The first-order valence-corrected chi connectivity index (χ1v) is 9.73. The molecule has 30 heavy (non-hydrogen) atoms. The van der Waals surface area contributed by atoms with E-state index in [0.717, 1.165) is 28.2 Å². The summed E-state index contributed by atoms with van der Waals surface area (Å²) in [5.41, 5.74) is 5.66. The largest absolute Gasteiger partial charge is 0.493 e. The highest BCUT2D eigenvalue weighted by Crippen LogP contribution is 2.38. The Hall–Kier alpha value is -3.41. The van der Waals surface area contributed by atoms with E-state index in [1.54, 1.807) is 21.3 Å². The number of hydrogen-bond donors (Lipinski definition) is 1. The third-order valence-corrected chi connectivity index (χ3v) is 5.21. The number of hydrogen-bond acceptors (Lipinski definition) is 4. The third kappa shape index (κ3) is 3.99. The van der Waals surface area contributed by atoms with Crippen molar-refractivity contribution in [2.45, 2.75) is 27.3 Å². The van der Waals surface area contributed by atoms with Crippen LogP contribution in [0.25, 0.3) is 5.69 Å². The van der Waals surface area contributed by atoms with Gasteiger partial charge >= 0.3 is 0 Å². The normalized spacial score (nSPS) is 10.6. The highest BCUT2D eigenvalue weighted by atomic mass is 16.5. The Morgan fingerprint density at radius 1 is 0.933 bits per heavy atom. The van der Waals surface area contributed by atoms with E-state index in [1.165, 1.54) is 0 Å². The summed E-state index contributed by atoms with van der Waals surface area (Å²) in [4.78, 5) is 12.9. The van der Waals surface area contributed by atoms with Gasteiger partial charge in [-0.1, -0.05) is 18.2 Å². The molecule has 2 aromatic carbocycles. The predicted molar refractivity (Wildman–Crippen MR) is 117 cm³/mol. The molecule has 0 radical (unpaired) electrons.